The summed E-state index contributed by atoms with van der Waals surface area (Å²) < 4.78 is 12.0. The summed E-state index contributed by atoms with van der Waals surface area (Å²) >= 11 is 1.03. The van der Waals surface area contributed by atoms with Crippen molar-refractivity contribution in [3.05, 3.63) is 142 Å². The number of benzene rings is 4. The number of nitrogens with zero attached hydrogens (tertiary/aromatic N) is 2. The van der Waals surface area contributed by atoms with Crippen LogP contribution in [-0.2, 0) is 16.2 Å². The molecule has 1 unspecified atom stereocenters. The minimum Gasteiger partial charge on any atom is -0.507 e. The predicted molar refractivity (Wildman–Crippen MR) is 177 cm³/mol. The molecule has 4 aromatic carbocycles. The first-order chi connectivity index (χ1) is 22.2. The number of rotatable bonds is 9. The molecule has 0 saturated carbocycles. The number of aromatic nitrogens is 1. The molecule has 2 heterocycles. The predicted octanol–water partition coefficient (Wildman–Crippen LogP) is 7.96. The molecule has 0 radical (unpaired) electrons. The molecule has 1 aliphatic rings. The first kappa shape index (κ1) is 30.5. The minimum atomic E-state index is -1.04. The van der Waals surface area contributed by atoms with Crippen molar-refractivity contribution in [2.24, 2.45) is 0 Å². The Morgan fingerprint density at radius 1 is 0.870 bits per heavy atom. The summed E-state index contributed by atoms with van der Waals surface area (Å²) in [5, 5.41) is 11.8. The average Bonchev–Trinajstić information content (AvgIpc) is 3.57. The summed E-state index contributed by atoms with van der Waals surface area (Å²) in [7, 11) is 0. The van der Waals surface area contributed by atoms with Crippen LogP contribution in [0.1, 0.15) is 50.6 Å². The van der Waals surface area contributed by atoms with Crippen molar-refractivity contribution in [1.82, 2.24) is 4.98 Å². The molecule has 9 heteroatoms. The van der Waals surface area contributed by atoms with Gasteiger partial charge in [-0.2, -0.15) is 0 Å². The van der Waals surface area contributed by atoms with E-state index in [0.717, 1.165) is 22.5 Å². The number of para-hydroxylation sites is 1. The molecule has 6 rings (SSSR count). The zero-order valence-electron chi connectivity index (χ0n) is 25.4. The third-order valence-electron chi connectivity index (χ3n) is 7.52. The van der Waals surface area contributed by atoms with Crippen LogP contribution in [0, 0.1) is 13.8 Å². The van der Waals surface area contributed by atoms with Crippen molar-refractivity contribution in [1.29, 1.82) is 0 Å². The number of hydrogen-bond acceptors (Lipinski definition) is 8. The van der Waals surface area contributed by atoms with Gasteiger partial charge in [-0.15, -0.1) is 0 Å². The quantitative estimate of drug-likeness (QED) is 0.0762. The standard InChI is InChI=1S/C37H30N2O6S/c1-22-9-7-10-25(19-22)21-44-28-17-15-26(16-18-28)33(41)31-32(27-11-8-14-30(20-27)45-29-12-5-4-6-13-29)39(36(43)34(31)42)37-38-23(2)35(46-37)24(3)40/h4-20,32,41H,21H2,1-3H3/b33-31+. The number of aliphatic hydroxyl groups is 1. The number of ketones is 2. The van der Waals surface area contributed by atoms with E-state index in [9.17, 15) is 19.5 Å². The van der Waals surface area contributed by atoms with Gasteiger partial charge in [0.25, 0.3) is 5.78 Å². The highest BCUT2D eigenvalue weighted by molar-refractivity contribution is 7.18. The van der Waals surface area contributed by atoms with Crippen molar-refractivity contribution in [3.63, 3.8) is 0 Å². The molecule has 0 spiro atoms. The van der Waals surface area contributed by atoms with E-state index in [2.05, 4.69) is 4.98 Å². The second kappa shape index (κ2) is 12.8. The Kier molecular flexibility index (Phi) is 8.50. The summed E-state index contributed by atoms with van der Waals surface area (Å²) in [4.78, 5) is 45.7. The van der Waals surface area contributed by atoms with E-state index in [1.54, 1.807) is 55.5 Å². The third kappa shape index (κ3) is 6.18. The van der Waals surface area contributed by atoms with Gasteiger partial charge in [-0.05, 0) is 73.5 Å². The Labute approximate surface area is 270 Å². The highest BCUT2D eigenvalue weighted by Crippen LogP contribution is 2.44. The number of hydrogen-bond donors (Lipinski definition) is 1. The van der Waals surface area contributed by atoms with E-state index < -0.39 is 17.7 Å². The van der Waals surface area contributed by atoms with Crippen LogP contribution in [0.5, 0.6) is 17.2 Å². The second-order valence-corrected chi connectivity index (χ2v) is 11.9. The van der Waals surface area contributed by atoms with Crippen molar-refractivity contribution in [3.8, 4) is 17.2 Å². The maximum absolute atomic E-state index is 13.7. The molecule has 1 aromatic heterocycles. The Morgan fingerprint density at radius 2 is 1.59 bits per heavy atom. The van der Waals surface area contributed by atoms with Crippen LogP contribution in [0.15, 0.2) is 109 Å². The molecular weight excluding hydrogens is 600 g/mol. The topological polar surface area (TPSA) is 106 Å². The van der Waals surface area contributed by atoms with E-state index in [1.807, 2.05) is 61.5 Å². The molecule has 1 amide bonds. The van der Waals surface area contributed by atoms with Gasteiger partial charge in [-0.3, -0.25) is 19.3 Å². The molecule has 8 nitrogen and oxygen atoms in total. The van der Waals surface area contributed by atoms with Gasteiger partial charge in [0.2, 0.25) is 0 Å². The summed E-state index contributed by atoms with van der Waals surface area (Å²) in [6.45, 7) is 5.49. The highest BCUT2D eigenvalue weighted by Gasteiger charge is 2.48. The maximum atomic E-state index is 13.7. The van der Waals surface area contributed by atoms with E-state index in [-0.39, 0.29) is 22.2 Å². The van der Waals surface area contributed by atoms with Gasteiger partial charge in [0.1, 0.15) is 29.6 Å². The van der Waals surface area contributed by atoms with Gasteiger partial charge in [0, 0.05) is 12.5 Å². The number of thiazole rings is 1. The van der Waals surface area contributed by atoms with Gasteiger partial charge >= 0.3 is 5.91 Å². The lowest BCUT2D eigenvalue weighted by atomic mass is 9.95. The average molecular weight is 631 g/mol. The molecule has 1 saturated heterocycles. The third-order valence-corrected chi connectivity index (χ3v) is 8.78. The van der Waals surface area contributed by atoms with Crippen molar-refractivity contribution >= 4 is 39.7 Å². The molecule has 5 aromatic rings. The van der Waals surface area contributed by atoms with E-state index in [0.29, 0.717) is 45.6 Å². The fourth-order valence-electron chi connectivity index (χ4n) is 5.36. The second-order valence-electron chi connectivity index (χ2n) is 10.9. The van der Waals surface area contributed by atoms with Crippen molar-refractivity contribution in [2.45, 2.75) is 33.4 Å². The Hall–Kier alpha value is -5.54. The van der Waals surface area contributed by atoms with E-state index >= 15 is 0 Å². The van der Waals surface area contributed by atoms with Crippen molar-refractivity contribution < 1.29 is 29.0 Å². The Bertz CT molecular complexity index is 1980. The summed E-state index contributed by atoms with van der Waals surface area (Å²) in [6.07, 6.45) is 0. The summed E-state index contributed by atoms with van der Waals surface area (Å²) in [5.41, 5.74) is 3.36. The molecule has 1 atom stereocenters. The SMILES string of the molecule is CC(=O)c1sc(N2C(=O)C(=O)/C(=C(/O)c3ccc(OCc4cccc(C)c4)cc3)C2c2cccc(Oc3ccccc3)c2)nc1C. The first-order valence-corrected chi connectivity index (χ1v) is 15.4. The number of carbonyl (C=O) groups excluding carboxylic acids is 3. The smallest absolute Gasteiger partial charge is 0.301 e. The van der Waals surface area contributed by atoms with Crippen LogP contribution in [0.3, 0.4) is 0 Å². The maximum Gasteiger partial charge on any atom is 0.301 e. The normalized spacial score (nSPS) is 15.6. The van der Waals surface area contributed by atoms with Crippen LogP contribution in [-0.4, -0.2) is 27.6 Å². The number of ether oxygens (including phenoxy) is 2. The number of Topliss-reactive ketones (excluding diaryl/α,β-unsaturated/α-hetero) is 2. The fourth-order valence-corrected chi connectivity index (χ4v) is 6.35. The Morgan fingerprint density at radius 3 is 2.28 bits per heavy atom. The molecule has 1 aliphatic heterocycles. The van der Waals surface area contributed by atoms with Gasteiger partial charge in [-0.25, -0.2) is 4.98 Å². The van der Waals surface area contributed by atoms with Crippen molar-refractivity contribution in [2.75, 3.05) is 4.90 Å². The zero-order valence-corrected chi connectivity index (χ0v) is 26.2. The molecule has 230 valence electrons. The number of amides is 1. The van der Waals surface area contributed by atoms with Gasteiger partial charge in [0.15, 0.2) is 10.9 Å². The van der Waals surface area contributed by atoms with Crippen LogP contribution < -0.4 is 14.4 Å². The number of carbonyl (C=O) groups is 3. The lowest BCUT2D eigenvalue weighted by Crippen LogP contribution is -2.29. The molecular formula is C37H30N2O6S. The van der Waals surface area contributed by atoms with E-state index in [4.69, 9.17) is 9.47 Å². The first-order valence-electron chi connectivity index (χ1n) is 14.6. The molecule has 1 N–H and O–H groups in total. The van der Waals surface area contributed by atoms with Crippen LogP contribution in [0.2, 0.25) is 0 Å². The number of anilines is 1. The largest absolute Gasteiger partial charge is 0.507 e. The van der Waals surface area contributed by atoms with Crippen LogP contribution in [0.25, 0.3) is 5.76 Å². The highest BCUT2D eigenvalue weighted by atomic mass is 32.1. The number of aliphatic hydroxyl groups excluding tert-OH is 1. The minimum absolute atomic E-state index is 0.104. The monoisotopic (exact) mass is 630 g/mol. The lowest BCUT2D eigenvalue weighted by Gasteiger charge is -2.23. The van der Waals surface area contributed by atoms with Gasteiger partial charge in [-0.1, -0.05) is 71.5 Å². The van der Waals surface area contributed by atoms with Crippen LogP contribution >= 0.6 is 11.3 Å². The molecule has 1 fully saturated rings. The molecule has 0 aliphatic carbocycles. The summed E-state index contributed by atoms with van der Waals surface area (Å²) in [5.74, 6) is -0.598. The van der Waals surface area contributed by atoms with Gasteiger partial charge < -0.3 is 14.6 Å². The lowest BCUT2D eigenvalue weighted by molar-refractivity contribution is -0.132. The Balaban J connectivity index is 1.39. The van der Waals surface area contributed by atoms with Gasteiger partial charge in [0.05, 0.1) is 22.2 Å². The fraction of sp³-hybridized carbons (Fsp3) is 0.135. The summed E-state index contributed by atoms with van der Waals surface area (Å²) in [6, 6.07) is 29.9. The molecule has 46 heavy (non-hydrogen) atoms. The number of aryl methyl sites for hydroxylation is 2. The van der Waals surface area contributed by atoms with Crippen LogP contribution in [0.4, 0.5) is 5.13 Å². The van der Waals surface area contributed by atoms with E-state index in [1.165, 1.54) is 11.8 Å². The molecule has 0 bridgehead atoms. The zero-order chi connectivity index (χ0) is 32.4.